The molecule has 0 aliphatic heterocycles. The molecule has 15 heavy (non-hydrogen) atoms. The summed E-state index contributed by atoms with van der Waals surface area (Å²) < 4.78 is 0.544. The summed E-state index contributed by atoms with van der Waals surface area (Å²) in [7, 11) is 0. The van der Waals surface area contributed by atoms with Crippen LogP contribution in [-0.2, 0) is 0 Å². The number of nitrogen functional groups attached to an aromatic ring is 2. The van der Waals surface area contributed by atoms with E-state index in [1.165, 1.54) is 0 Å². The van der Waals surface area contributed by atoms with Gasteiger partial charge in [0.2, 0.25) is 0 Å². The van der Waals surface area contributed by atoms with Gasteiger partial charge in [0.05, 0.1) is 0 Å². The summed E-state index contributed by atoms with van der Waals surface area (Å²) in [6.45, 7) is 0. The summed E-state index contributed by atoms with van der Waals surface area (Å²) in [5.74, 6) is 1.23. The summed E-state index contributed by atoms with van der Waals surface area (Å²) in [6, 6.07) is 9.56. The Morgan fingerprint density at radius 1 is 0.933 bits per heavy atom. The number of halogens is 1. The number of nitrogens with two attached hydrogens (primary N) is 2. The third-order valence-corrected chi connectivity index (χ3v) is 2.75. The van der Waals surface area contributed by atoms with Crippen LogP contribution < -0.4 is 11.5 Å². The molecule has 1 aromatic heterocycles. The molecule has 0 unspecified atom stereocenters. The van der Waals surface area contributed by atoms with E-state index in [4.69, 9.17) is 11.5 Å². The molecule has 0 spiro atoms. The Morgan fingerprint density at radius 2 is 1.47 bits per heavy atom. The number of benzene rings is 1. The predicted molar refractivity (Wildman–Crippen MR) is 64.0 cm³/mol. The Kier molecular flexibility index (Phi) is 2.55. The molecule has 0 atom stereocenters. The van der Waals surface area contributed by atoms with Crippen LogP contribution in [0.2, 0.25) is 0 Å². The van der Waals surface area contributed by atoms with Gasteiger partial charge in [-0.3, -0.25) is 0 Å². The molecule has 0 saturated carbocycles. The lowest BCUT2D eigenvalue weighted by atomic mass is 10.2. The molecule has 0 aliphatic rings. The Labute approximate surface area is 95.5 Å². The van der Waals surface area contributed by atoms with E-state index in [0.29, 0.717) is 21.9 Å². The quantitative estimate of drug-likeness (QED) is 0.827. The predicted octanol–water partition coefficient (Wildman–Crippen LogP) is 2.07. The van der Waals surface area contributed by atoms with Crippen molar-refractivity contribution in [3.05, 3.63) is 34.8 Å². The molecule has 76 valence electrons. The monoisotopic (exact) mass is 264 g/mol. The van der Waals surface area contributed by atoms with Crippen LogP contribution in [0.5, 0.6) is 0 Å². The maximum absolute atomic E-state index is 5.68. The smallest absolute Gasteiger partial charge is 0.163 e. The number of hydrogen-bond acceptors (Lipinski definition) is 4. The highest BCUT2D eigenvalue weighted by atomic mass is 79.9. The van der Waals surface area contributed by atoms with Gasteiger partial charge in [0.25, 0.3) is 0 Å². The summed E-state index contributed by atoms with van der Waals surface area (Å²) >= 11 is 3.21. The summed E-state index contributed by atoms with van der Waals surface area (Å²) in [4.78, 5) is 8.29. The van der Waals surface area contributed by atoms with Gasteiger partial charge in [-0.05, 0) is 15.9 Å². The Balaban J connectivity index is 2.56. The van der Waals surface area contributed by atoms with E-state index in [0.717, 1.165) is 5.56 Å². The molecule has 0 saturated heterocycles. The van der Waals surface area contributed by atoms with E-state index >= 15 is 0 Å². The number of anilines is 2. The molecule has 0 fully saturated rings. The van der Waals surface area contributed by atoms with Gasteiger partial charge in [-0.1, -0.05) is 30.3 Å². The average molecular weight is 265 g/mol. The van der Waals surface area contributed by atoms with Crippen molar-refractivity contribution < 1.29 is 0 Å². The lowest BCUT2D eigenvalue weighted by Gasteiger charge is -2.05. The van der Waals surface area contributed by atoms with Crippen LogP contribution in [0.25, 0.3) is 11.4 Å². The fourth-order valence-electron chi connectivity index (χ4n) is 1.20. The van der Waals surface area contributed by atoms with Crippen molar-refractivity contribution in [2.24, 2.45) is 0 Å². The SMILES string of the molecule is Nc1nc(-c2ccccc2)nc(N)c1Br. The van der Waals surface area contributed by atoms with E-state index in [-0.39, 0.29) is 0 Å². The maximum atomic E-state index is 5.68. The van der Waals surface area contributed by atoms with Crippen LogP contribution in [0.3, 0.4) is 0 Å². The van der Waals surface area contributed by atoms with Gasteiger partial charge in [-0.15, -0.1) is 0 Å². The minimum Gasteiger partial charge on any atom is -0.383 e. The number of nitrogens with zero attached hydrogens (tertiary/aromatic N) is 2. The molecule has 4 nitrogen and oxygen atoms in total. The first-order valence-corrected chi connectivity index (χ1v) is 5.11. The van der Waals surface area contributed by atoms with Crippen molar-refractivity contribution in [2.75, 3.05) is 11.5 Å². The van der Waals surface area contributed by atoms with Crippen LogP contribution in [-0.4, -0.2) is 9.97 Å². The molecular weight excluding hydrogens is 256 g/mol. The van der Waals surface area contributed by atoms with Gasteiger partial charge in [-0.2, -0.15) is 0 Å². The lowest BCUT2D eigenvalue weighted by molar-refractivity contribution is 1.18. The molecule has 5 heteroatoms. The highest BCUT2D eigenvalue weighted by Crippen LogP contribution is 2.26. The zero-order valence-electron chi connectivity index (χ0n) is 7.81. The van der Waals surface area contributed by atoms with Crippen LogP contribution in [0.4, 0.5) is 11.6 Å². The molecule has 1 heterocycles. The number of rotatable bonds is 1. The highest BCUT2D eigenvalue weighted by molar-refractivity contribution is 9.10. The van der Waals surface area contributed by atoms with E-state index in [2.05, 4.69) is 25.9 Å². The average Bonchev–Trinajstić information content (AvgIpc) is 2.26. The molecule has 2 aromatic rings. The fraction of sp³-hybridized carbons (Fsp3) is 0. The molecule has 1 aromatic carbocycles. The Bertz CT molecular complexity index is 461. The van der Waals surface area contributed by atoms with Crippen molar-refractivity contribution in [2.45, 2.75) is 0 Å². The molecule has 0 aliphatic carbocycles. The summed E-state index contributed by atoms with van der Waals surface area (Å²) in [6.07, 6.45) is 0. The molecule has 0 bridgehead atoms. The Hall–Kier alpha value is -1.62. The van der Waals surface area contributed by atoms with Gasteiger partial charge >= 0.3 is 0 Å². The number of hydrogen-bond donors (Lipinski definition) is 2. The van der Waals surface area contributed by atoms with Gasteiger partial charge in [-0.25, -0.2) is 9.97 Å². The molecule has 2 rings (SSSR count). The highest BCUT2D eigenvalue weighted by Gasteiger charge is 2.08. The van der Waals surface area contributed by atoms with E-state index < -0.39 is 0 Å². The second kappa shape index (κ2) is 3.86. The van der Waals surface area contributed by atoms with Crippen molar-refractivity contribution in [1.29, 1.82) is 0 Å². The van der Waals surface area contributed by atoms with Crippen molar-refractivity contribution in [3.8, 4) is 11.4 Å². The second-order valence-corrected chi connectivity index (χ2v) is 3.79. The maximum Gasteiger partial charge on any atom is 0.163 e. The van der Waals surface area contributed by atoms with E-state index in [9.17, 15) is 0 Å². The van der Waals surface area contributed by atoms with Crippen molar-refractivity contribution in [3.63, 3.8) is 0 Å². The standard InChI is InChI=1S/C10H9BrN4/c11-7-8(12)14-10(15-9(7)13)6-4-2-1-3-5-6/h1-5H,(H4,12,13,14,15). The zero-order valence-corrected chi connectivity index (χ0v) is 9.40. The molecule has 0 amide bonds. The van der Waals surface area contributed by atoms with Crippen LogP contribution in [0, 0.1) is 0 Å². The minimum atomic E-state index is 0.348. The second-order valence-electron chi connectivity index (χ2n) is 3.00. The normalized spacial score (nSPS) is 10.2. The summed E-state index contributed by atoms with van der Waals surface area (Å²) in [5.41, 5.74) is 12.3. The first kappa shape index (κ1) is 9.92. The molecule has 0 radical (unpaired) electrons. The Morgan fingerprint density at radius 3 is 2.00 bits per heavy atom. The van der Waals surface area contributed by atoms with Crippen molar-refractivity contribution in [1.82, 2.24) is 9.97 Å². The van der Waals surface area contributed by atoms with Crippen molar-refractivity contribution >= 4 is 27.6 Å². The van der Waals surface area contributed by atoms with Gasteiger partial charge in [0.1, 0.15) is 16.1 Å². The van der Waals surface area contributed by atoms with Gasteiger partial charge < -0.3 is 11.5 Å². The van der Waals surface area contributed by atoms with Gasteiger partial charge in [0.15, 0.2) is 5.82 Å². The van der Waals surface area contributed by atoms with Crippen LogP contribution in [0.15, 0.2) is 34.8 Å². The summed E-state index contributed by atoms with van der Waals surface area (Å²) in [5, 5.41) is 0. The third-order valence-electron chi connectivity index (χ3n) is 1.93. The van der Waals surface area contributed by atoms with E-state index in [1.807, 2.05) is 30.3 Å². The van der Waals surface area contributed by atoms with Crippen LogP contribution in [0.1, 0.15) is 0 Å². The number of aromatic nitrogens is 2. The van der Waals surface area contributed by atoms with Crippen LogP contribution >= 0.6 is 15.9 Å². The topological polar surface area (TPSA) is 77.8 Å². The first-order chi connectivity index (χ1) is 7.18. The molecular formula is C10H9BrN4. The van der Waals surface area contributed by atoms with E-state index in [1.54, 1.807) is 0 Å². The minimum absolute atomic E-state index is 0.348. The third kappa shape index (κ3) is 1.92. The van der Waals surface area contributed by atoms with Gasteiger partial charge in [0, 0.05) is 5.56 Å². The molecule has 4 N–H and O–H groups in total. The zero-order chi connectivity index (χ0) is 10.8. The lowest BCUT2D eigenvalue weighted by Crippen LogP contribution is -2.02. The first-order valence-electron chi connectivity index (χ1n) is 4.32. The fourth-order valence-corrected chi connectivity index (χ4v) is 1.38. The largest absolute Gasteiger partial charge is 0.383 e.